The minimum atomic E-state index is 0.0983. The van der Waals surface area contributed by atoms with Crippen molar-refractivity contribution in [3.63, 3.8) is 0 Å². The predicted molar refractivity (Wildman–Crippen MR) is 57.2 cm³/mol. The molecule has 0 fully saturated rings. The van der Waals surface area contributed by atoms with Crippen LogP contribution in [0.15, 0.2) is 42.0 Å². The predicted octanol–water partition coefficient (Wildman–Crippen LogP) is 3.08. The maximum atomic E-state index is 11.9. The lowest BCUT2D eigenvalue weighted by Gasteiger charge is -2.19. The molecule has 1 heteroatoms. The van der Waals surface area contributed by atoms with Crippen LogP contribution in [0, 0.1) is 0 Å². The zero-order chi connectivity index (χ0) is 9.97. The van der Waals surface area contributed by atoms with Crippen molar-refractivity contribution in [1.82, 2.24) is 0 Å². The molecule has 2 rings (SSSR count). The Kier molecular flexibility index (Phi) is 2.49. The van der Waals surface area contributed by atoms with E-state index in [4.69, 9.17) is 0 Å². The van der Waals surface area contributed by atoms with E-state index in [0.717, 1.165) is 24.0 Å². The smallest absolute Gasteiger partial charge is 0.165 e. The lowest BCUT2D eigenvalue weighted by molar-refractivity contribution is -0.117. The van der Waals surface area contributed by atoms with E-state index in [0.29, 0.717) is 5.78 Å². The minimum Gasteiger partial charge on any atom is -0.294 e. The highest BCUT2D eigenvalue weighted by molar-refractivity contribution is 6.00. The Bertz CT molecular complexity index is 362. The highest BCUT2D eigenvalue weighted by Crippen LogP contribution is 2.29. The SMILES string of the molecule is CC1=CCCC(c2ccccc2)C1=O. The van der Waals surface area contributed by atoms with Gasteiger partial charge in [-0.05, 0) is 30.9 Å². The monoisotopic (exact) mass is 186 g/mol. The number of rotatable bonds is 1. The van der Waals surface area contributed by atoms with Crippen LogP contribution in [0.4, 0.5) is 0 Å². The average Bonchev–Trinajstić information content (AvgIpc) is 2.23. The molecule has 1 unspecified atom stereocenters. The number of hydrogen-bond donors (Lipinski definition) is 0. The second kappa shape index (κ2) is 3.79. The molecule has 14 heavy (non-hydrogen) atoms. The van der Waals surface area contributed by atoms with Crippen LogP contribution in [0.2, 0.25) is 0 Å². The first-order chi connectivity index (χ1) is 6.79. The molecule has 0 N–H and O–H groups in total. The molecule has 1 nitrogen and oxygen atoms in total. The molecule has 0 aromatic heterocycles. The van der Waals surface area contributed by atoms with Gasteiger partial charge in [-0.15, -0.1) is 0 Å². The summed E-state index contributed by atoms with van der Waals surface area (Å²) in [6.07, 6.45) is 4.03. The Labute approximate surface area is 84.5 Å². The van der Waals surface area contributed by atoms with Crippen LogP contribution >= 0.6 is 0 Å². The summed E-state index contributed by atoms with van der Waals surface area (Å²) in [7, 11) is 0. The van der Waals surface area contributed by atoms with Crippen LogP contribution in [-0.4, -0.2) is 5.78 Å². The molecule has 0 aliphatic heterocycles. The molecule has 1 aliphatic rings. The topological polar surface area (TPSA) is 17.1 Å². The molecule has 0 saturated carbocycles. The van der Waals surface area contributed by atoms with E-state index in [2.05, 4.69) is 0 Å². The first-order valence-electron chi connectivity index (χ1n) is 5.05. The summed E-state index contributed by atoms with van der Waals surface area (Å²) < 4.78 is 0. The van der Waals surface area contributed by atoms with Gasteiger partial charge in [0.05, 0.1) is 0 Å². The Morgan fingerprint density at radius 2 is 1.93 bits per heavy atom. The van der Waals surface area contributed by atoms with E-state index in [1.165, 1.54) is 0 Å². The van der Waals surface area contributed by atoms with Crippen LogP contribution in [0.1, 0.15) is 31.2 Å². The molecule has 1 aromatic carbocycles. The number of ketones is 1. The molecule has 0 radical (unpaired) electrons. The molecule has 0 amide bonds. The highest BCUT2D eigenvalue weighted by Gasteiger charge is 2.23. The molecule has 72 valence electrons. The van der Waals surface area contributed by atoms with Gasteiger partial charge in [-0.2, -0.15) is 0 Å². The molecular weight excluding hydrogens is 172 g/mol. The maximum Gasteiger partial charge on any atom is 0.165 e. The van der Waals surface area contributed by atoms with Crippen LogP contribution < -0.4 is 0 Å². The quantitative estimate of drug-likeness (QED) is 0.658. The van der Waals surface area contributed by atoms with Crippen molar-refractivity contribution in [1.29, 1.82) is 0 Å². The van der Waals surface area contributed by atoms with Gasteiger partial charge < -0.3 is 0 Å². The molecule has 0 saturated heterocycles. The van der Waals surface area contributed by atoms with Crippen molar-refractivity contribution >= 4 is 5.78 Å². The van der Waals surface area contributed by atoms with Crippen molar-refractivity contribution in [2.45, 2.75) is 25.7 Å². The minimum absolute atomic E-state index is 0.0983. The van der Waals surface area contributed by atoms with E-state index >= 15 is 0 Å². The Hall–Kier alpha value is -1.37. The summed E-state index contributed by atoms with van der Waals surface area (Å²) in [6, 6.07) is 10.1. The number of benzene rings is 1. The summed E-state index contributed by atoms with van der Waals surface area (Å²) in [5, 5.41) is 0. The number of hydrogen-bond acceptors (Lipinski definition) is 1. The zero-order valence-corrected chi connectivity index (χ0v) is 8.36. The molecule has 0 spiro atoms. The fourth-order valence-corrected chi connectivity index (χ4v) is 1.98. The number of carbonyl (C=O) groups is 1. The van der Waals surface area contributed by atoms with Gasteiger partial charge in [0.15, 0.2) is 5.78 Å². The largest absolute Gasteiger partial charge is 0.294 e. The zero-order valence-electron chi connectivity index (χ0n) is 8.36. The fraction of sp³-hybridized carbons (Fsp3) is 0.308. The lowest BCUT2D eigenvalue weighted by atomic mass is 9.83. The number of carbonyl (C=O) groups excluding carboxylic acids is 1. The molecule has 1 aliphatic carbocycles. The Balaban J connectivity index is 2.29. The first kappa shape index (κ1) is 9.20. The Morgan fingerprint density at radius 1 is 1.21 bits per heavy atom. The average molecular weight is 186 g/mol. The number of allylic oxidation sites excluding steroid dienone is 2. The Morgan fingerprint density at radius 3 is 2.64 bits per heavy atom. The van der Waals surface area contributed by atoms with E-state index in [-0.39, 0.29) is 5.92 Å². The van der Waals surface area contributed by atoms with Gasteiger partial charge in [0.1, 0.15) is 0 Å². The molecule has 0 bridgehead atoms. The van der Waals surface area contributed by atoms with Gasteiger partial charge in [-0.25, -0.2) is 0 Å². The van der Waals surface area contributed by atoms with Crippen LogP contribution in [0.3, 0.4) is 0 Å². The summed E-state index contributed by atoms with van der Waals surface area (Å²) in [6.45, 7) is 1.91. The standard InChI is InChI=1S/C13H14O/c1-10-6-5-9-12(13(10)14)11-7-3-2-4-8-11/h2-4,6-8,12H,5,9H2,1H3. The van der Waals surface area contributed by atoms with E-state index in [9.17, 15) is 4.79 Å². The van der Waals surface area contributed by atoms with E-state index in [1.54, 1.807) is 0 Å². The second-order valence-corrected chi connectivity index (χ2v) is 3.79. The summed E-state index contributed by atoms with van der Waals surface area (Å²) in [4.78, 5) is 11.9. The summed E-state index contributed by atoms with van der Waals surface area (Å²) in [5.74, 6) is 0.392. The summed E-state index contributed by atoms with van der Waals surface area (Å²) >= 11 is 0. The van der Waals surface area contributed by atoms with Crippen molar-refractivity contribution in [2.24, 2.45) is 0 Å². The second-order valence-electron chi connectivity index (χ2n) is 3.79. The van der Waals surface area contributed by atoms with Crippen LogP contribution in [0.25, 0.3) is 0 Å². The van der Waals surface area contributed by atoms with Gasteiger partial charge in [-0.1, -0.05) is 36.4 Å². The van der Waals surface area contributed by atoms with Gasteiger partial charge in [0, 0.05) is 5.92 Å². The fourth-order valence-electron chi connectivity index (χ4n) is 1.98. The highest BCUT2D eigenvalue weighted by atomic mass is 16.1. The summed E-state index contributed by atoms with van der Waals surface area (Å²) in [5.41, 5.74) is 2.08. The van der Waals surface area contributed by atoms with Gasteiger partial charge in [0.2, 0.25) is 0 Å². The van der Waals surface area contributed by atoms with Crippen molar-refractivity contribution < 1.29 is 4.79 Å². The third kappa shape index (κ3) is 1.63. The van der Waals surface area contributed by atoms with Gasteiger partial charge in [-0.3, -0.25) is 4.79 Å². The molecular formula is C13H14O. The van der Waals surface area contributed by atoms with E-state index in [1.807, 2.05) is 43.3 Å². The number of Topliss-reactive ketones (excluding diaryl/α,β-unsaturated/α-hetero) is 1. The normalized spacial score (nSPS) is 21.9. The van der Waals surface area contributed by atoms with Gasteiger partial charge in [0.25, 0.3) is 0 Å². The molecule has 0 heterocycles. The maximum absolute atomic E-state index is 11.9. The first-order valence-corrected chi connectivity index (χ1v) is 5.05. The van der Waals surface area contributed by atoms with Crippen molar-refractivity contribution in [3.05, 3.63) is 47.5 Å². The van der Waals surface area contributed by atoms with Crippen molar-refractivity contribution in [2.75, 3.05) is 0 Å². The van der Waals surface area contributed by atoms with Crippen molar-refractivity contribution in [3.8, 4) is 0 Å². The van der Waals surface area contributed by atoms with Crippen LogP contribution in [0.5, 0.6) is 0 Å². The third-order valence-electron chi connectivity index (χ3n) is 2.81. The van der Waals surface area contributed by atoms with E-state index < -0.39 is 0 Å². The molecule has 1 atom stereocenters. The molecule has 1 aromatic rings. The van der Waals surface area contributed by atoms with Crippen LogP contribution in [-0.2, 0) is 4.79 Å². The third-order valence-corrected chi connectivity index (χ3v) is 2.81. The van der Waals surface area contributed by atoms with Gasteiger partial charge >= 0.3 is 0 Å². The lowest BCUT2D eigenvalue weighted by Crippen LogP contribution is -2.16.